The highest BCUT2D eigenvalue weighted by Gasteiger charge is 2.31. The van der Waals surface area contributed by atoms with Crippen LogP contribution in [0.4, 0.5) is 13.2 Å². The van der Waals surface area contributed by atoms with Crippen LogP contribution >= 0.6 is 0 Å². The Kier molecular flexibility index (Phi) is 6.76. The summed E-state index contributed by atoms with van der Waals surface area (Å²) in [6.45, 7) is 4.46. The smallest absolute Gasteiger partial charge is 0.416 e. The minimum absolute atomic E-state index is 0.246. The molecule has 1 atom stereocenters. The largest absolute Gasteiger partial charge is 0.462 e. The van der Waals surface area contributed by atoms with Crippen LogP contribution in [0.2, 0.25) is 0 Å². The molecule has 2 aromatic rings. The van der Waals surface area contributed by atoms with E-state index in [1.54, 1.807) is 18.2 Å². The van der Waals surface area contributed by atoms with Crippen LogP contribution in [0.5, 0.6) is 0 Å². The second-order valence-electron chi connectivity index (χ2n) is 6.81. The molecule has 1 saturated heterocycles. The number of halogens is 3. The molecular weight excluding hydrogens is 385 g/mol. The van der Waals surface area contributed by atoms with Crippen LogP contribution in [0, 0.1) is 6.92 Å². The van der Waals surface area contributed by atoms with Crippen molar-refractivity contribution in [1.29, 1.82) is 0 Å². The third kappa shape index (κ3) is 5.95. The Balaban J connectivity index is 1.68. The molecule has 1 fully saturated rings. The van der Waals surface area contributed by atoms with Crippen LogP contribution in [0.15, 0.2) is 46.9 Å². The van der Waals surface area contributed by atoms with E-state index in [9.17, 15) is 18.0 Å². The lowest BCUT2D eigenvalue weighted by atomic mass is 10.0. The number of ether oxygens (including phenoxy) is 1. The zero-order valence-corrected chi connectivity index (χ0v) is 16.0. The fraction of sp³-hybridized carbons (Fsp3) is 0.381. The molecular formula is C21H23F3N2O3. The van der Waals surface area contributed by atoms with Gasteiger partial charge in [-0.15, -0.1) is 0 Å². The summed E-state index contributed by atoms with van der Waals surface area (Å²) in [6, 6.07) is 8.40. The zero-order valence-electron chi connectivity index (χ0n) is 16.0. The van der Waals surface area contributed by atoms with Gasteiger partial charge in [-0.2, -0.15) is 13.2 Å². The van der Waals surface area contributed by atoms with Gasteiger partial charge in [0, 0.05) is 25.7 Å². The first-order valence-electron chi connectivity index (χ1n) is 9.34. The number of hydrogen-bond acceptors (Lipinski definition) is 4. The van der Waals surface area contributed by atoms with Crippen molar-refractivity contribution in [1.82, 2.24) is 10.2 Å². The molecule has 1 N–H and O–H groups in total. The summed E-state index contributed by atoms with van der Waals surface area (Å²) >= 11 is 0. The normalized spacial score (nSPS) is 16.8. The lowest BCUT2D eigenvalue weighted by Crippen LogP contribution is -2.43. The lowest BCUT2D eigenvalue weighted by Gasteiger charge is -2.35. The molecule has 1 aromatic carbocycles. The first kappa shape index (κ1) is 21.1. The fourth-order valence-electron chi connectivity index (χ4n) is 3.20. The van der Waals surface area contributed by atoms with E-state index in [1.807, 2.05) is 6.92 Å². The second kappa shape index (κ2) is 9.28. The number of benzene rings is 1. The highest BCUT2D eigenvalue weighted by molar-refractivity contribution is 5.91. The van der Waals surface area contributed by atoms with Crippen LogP contribution < -0.4 is 5.32 Å². The fourth-order valence-corrected chi connectivity index (χ4v) is 3.20. The Morgan fingerprint density at radius 1 is 1.17 bits per heavy atom. The van der Waals surface area contributed by atoms with Gasteiger partial charge in [0.1, 0.15) is 11.5 Å². The first-order valence-corrected chi connectivity index (χ1v) is 9.34. The Labute approximate surface area is 167 Å². The summed E-state index contributed by atoms with van der Waals surface area (Å²) in [5.74, 6) is 1.02. The molecule has 8 heteroatoms. The summed E-state index contributed by atoms with van der Waals surface area (Å²) in [4.78, 5) is 14.3. The molecule has 5 nitrogen and oxygen atoms in total. The molecule has 0 bridgehead atoms. The third-order valence-electron chi connectivity index (χ3n) is 4.74. The monoisotopic (exact) mass is 408 g/mol. The summed E-state index contributed by atoms with van der Waals surface area (Å²) in [5, 5.41) is 2.83. The molecule has 29 heavy (non-hydrogen) atoms. The molecule has 0 spiro atoms. The van der Waals surface area contributed by atoms with Crippen molar-refractivity contribution in [3.05, 3.63) is 65.1 Å². The topological polar surface area (TPSA) is 54.7 Å². The van der Waals surface area contributed by atoms with E-state index in [1.165, 1.54) is 18.2 Å². The second-order valence-corrected chi connectivity index (χ2v) is 6.81. The van der Waals surface area contributed by atoms with Crippen molar-refractivity contribution in [3.8, 4) is 0 Å². The van der Waals surface area contributed by atoms with Gasteiger partial charge in [-0.05, 0) is 42.8 Å². The molecule has 1 aliphatic heterocycles. The van der Waals surface area contributed by atoms with Crippen molar-refractivity contribution in [2.24, 2.45) is 0 Å². The standard InChI is InChI=1S/C21H23F3N2O3/c1-15-2-7-18(29-15)8-9-20(27)25-14-19(26-10-12-28-13-11-26)16-3-5-17(6-4-16)21(22,23)24/h2-9,19H,10-14H2,1H3,(H,25,27)/b9-8+. The number of alkyl halides is 3. The molecule has 0 radical (unpaired) electrons. The predicted octanol–water partition coefficient (Wildman–Crippen LogP) is 3.81. The van der Waals surface area contributed by atoms with Crippen LogP contribution in [0.1, 0.15) is 28.7 Å². The molecule has 2 heterocycles. The number of amides is 1. The number of rotatable bonds is 6. The Bertz CT molecular complexity index is 838. The first-order chi connectivity index (χ1) is 13.8. The van der Waals surface area contributed by atoms with E-state index < -0.39 is 11.7 Å². The van der Waals surface area contributed by atoms with Crippen molar-refractivity contribution in [3.63, 3.8) is 0 Å². The molecule has 3 rings (SSSR count). The highest BCUT2D eigenvalue weighted by atomic mass is 19.4. The van der Waals surface area contributed by atoms with Crippen LogP contribution in [-0.2, 0) is 15.7 Å². The quantitative estimate of drug-likeness (QED) is 0.739. The van der Waals surface area contributed by atoms with Gasteiger partial charge in [0.25, 0.3) is 0 Å². The summed E-state index contributed by atoms with van der Waals surface area (Å²) < 4.78 is 49.3. The predicted molar refractivity (Wildman–Crippen MR) is 102 cm³/mol. The van der Waals surface area contributed by atoms with Crippen LogP contribution in [-0.4, -0.2) is 43.7 Å². The van der Waals surface area contributed by atoms with Gasteiger partial charge in [0.2, 0.25) is 5.91 Å². The van der Waals surface area contributed by atoms with E-state index in [4.69, 9.17) is 9.15 Å². The number of carbonyl (C=O) groups excluding carboxylic acids is 1. The number of aryl methyl sites for hydroxylation is 1. The molecule has 1 aliphatic rings. The summed E-state index contributed by atoms with van der Waals surface area (Å²) in [6.07, 6.45) is -1.43. The van der Waals surface area contributed by atoms with Crippen LogP contribution in [0.3, 0.4) is 0 Å². The Morgan fingerprint density at radius 3 is 2.45 bits per heavy atom. The van der Waals surface area contributed by atoms with Gasteiger partial charge >= 0.3 is 6.18 Å². The van der Waals surface area contributed by atoms with Gasteiger partial charge in [-0.1, -0.05) is 12.1 Å². The highest BCUT2D eigenvalue weighted by Crippen LogP contribution is 2.31. The van der Waals surface area contributed by atoms with Crippen molar-refractivity contribution >= 4 is 12.0 Å². The van der Waals surface area contributed by atoms with E-state index in [0.29, 0.717) is 37.6 Å². The number of carbonyl (C=O) groups is 1. The van der Waals surface area contributed by atoms with E-state index in [-0.39, 0.29) is 18.5 Å². The van der Waals surface area contributed by atoms with Crippen LogP contribution in [0.25, 0.3) is 6.08 Å². The minimum Gasteiger partial charge on any atom is -0.462 e. The average molecular weight is 408 g/mol. The minimum atomic E-state index is -4.38. The summed E-state index contributed by atoms with van der Waals surface area (Å²) in [7, 11) is 0. The number of nitrogens with zero attached hydrogens (tertiary/aromatic N) is 1. The van der Waals surface area contributed by atoms with E-state index in [2.05, 4.69) is 10.2 Å². The van der Waals surface area contributed by atoms with Gasteiger partial charge in [0.15, 0.2) is 0 Å². The van der Waals surface area contributed by atoms with E-state index in [0.717, 1.165) is 17.9 Å². The van der Waals surface area contributed by atoms with Crippen molar-refractivity contribution in [2.75, 3.05) is 32.8 Å². The van der Waals surface area contributed by atoms with Gasteiger partial charge in [-0.3, -0.25) is 9.69 Å². The van der Waals surface area contributed by atoms with Gasteiger partial charge in [-0.25, -0.2) is 0 Å². The SMILES string of the molecule is Cc1ccc(/C=C/C(=O)NCC(c2ccc(C(F)(F)F)cc2)N2CCOCC2)o1. The van der Waals surface area contributed by atoms with E-state index >= 15 is 0 Å². The van der Waals surface area contributed by atoms with Crippen molar-refractivity contribution < 1.29 is 27.1 Å². The van der Waals surface area contributed by atoms with Gasteiger partial charge < -0.3 is 14.5 Å². The molecule has 1 amide bonds. The maximum absolute atomic E-state index is 12.9. The number of hydrogen-bond donors (Lipinski definition) is 1. The zero-order chi connectivity index (χ0) is 20.9. The third-order valence-corrected chi connectivity index (χ3v) is 4.74. The Hall–Kier alpha value is -2.58. The number of morpholine rings is 1. The molecule has 156 valence electrons. The average Bonchev–Trinajstić information content (AvgIpc) is 3.12. The number of furan rings is 1. The lowest BCUT2D eigenvalue weighted by molar-refractivity contribution is -0.137. The Morgan fingerprint density at radius 2 is 1.86 bits per heavy atom. The maximum Gasteiger partial charge on any atom is 0.416 e. The molecule has 1 unspecified atom stereocenters. The molecule has 0 aliphatic carbocycles. The molecule has 0 saturated carbocycles. The summed E-state index contributed by atoms with van der Waals surface area (Å²) in [5.41, 5.74) is 0.0218. The maximum atomic E-state index is 12.9. The van der Waals surface area contributed by atoms with Gasteiger partial charge in [0.05, 0.1) is 24.8 Å². The number of nitrogens with one attached hydrogen (secondary N) is 1. The van der Waals surface area contributed by atoms with Crippen molar-refractivity contribution in [2.45, 2.75) is 19.1 Å². The molecule has 1 aromatic heterocycles.